The Labute approximate surface area is 225 Å². The summed E-state index contributed by atoms with van der Waals surface area (Å²) in [4.78, 5) is 15.1. The van der Waals surface area contributed by atoms with E-state index in [4.69, 9.17) is 28.6 Å². The van der Waals surface area contributed by atoms with E-state index in [9.17, 15) is 4.79 Å². The zero-order chi connectivity index (χ0) is 22.8. The maximum Gasteiger partial charge on any atom is 0.270 e. The molecule has 0 aliphatic carbocycles. The topological polar surface area (TPSA) is 29.5 Å². The van der Waals surface area contributed by atoms with Gasteiger partial charge in [-0.05, 0) is 91.5 Å². The van der Waals surface area contributed by atoms with Crippen LogP contribution in [-0.2, 0) is 11.4 Å². The van der Waals surface area contributed by atoms with Crippen LogP contribution in [0.5, 0.6) is 5.75 Å². The number of carbonyl (C=O) groups is 1. The SMILES string of the molecule is O=C1/C(=C\c2cc(Br)c(OCc3ccc(Cl)cc3)c(Br)c2)SC(=S)N1c1cccc(Br)c1. The van der Waals surface area contributed by atoms with Crippen molar-refractivity contribution < 1.29 is 9.53 Å². The van der Waals surface area contributed by atoms with Crippen molar-refractivity contribution >= 4 is 105 Å². The van der Waals surface area contributed by atoms with Crippen LogP contribution in [0.3, 0.4) is 0 Å². The Morgan fingerprint density at radius 2 is 1.72 bits per heavy atom. The summed E-state index contributed by atoms with van der Waals surface area (Å²) in [6.45, 7) is 0.402. The Bertz CT molecular complexity index is 1230. The van der Waals surface area contributed by atoms with E-state index >= 15 is 0 Å². The van der Waals surface area contributed by atoms with Gasteiger partial charge in [-0.25, -0.2) is 0 Å². The summed E-state index contributed by atoms with van der Waals surface area (Å²) < 4.78 is 8.91. The molecule has 3 aromatic carbocycles. The predicted octanol–water partition coefficient (Wildman–Crippen LogP) is 8.61. The van der Waals surface area contributed by atoms with Gasteiger partial charge in [0.1, 0.15) is 12.4 Å². The number of amides is 1. The van der Waals surface area contributed by atoms with Crippen LogP contribution in [-0.4, -0.2) is 10.2 Å². The van der Waals surface area contributed by atoms with Gasteiger partial charge in [0.05, 0.1) is 19.5 Å². The third-order valence-electron chi connectivity index (χ3n) is 4.47. The van der Waals surface area contributed by atoms with E-state index < -0.39 is 0 Å². The molecular weight excluding hydrogens is 662 g/mol. The maximum atomic E-state index is 13.0. The van der Waals surface area contributed by atoms with Gasteiger partial charge in [0, 0.05) is 9.50 Å². The summed E-state index contributed by atoms with van der Waals surface area (Å²) in [5, 5.41) is 0.686. The molecule has 4 rings (SSSR count). The quantitative estimate of drug-likeness (QED) is 0.200. The van der Waals surface area contributed by atoms with E-state index in [1.54, 1.807) is 4.90 Å². The van der Waals surface area contributed by atoms with Crippen molar-refractivity contribution in [3.63, 3.8) is 0 Å². The second kappa shape index (κ2) is 10.4. The van der Waals surface area contributed by atoms with Crippen LogP contribution < -0.4 is 9.64 Å². The number of rotatable bonds is 5. The minimum Gasteiger partial charge on any atom is -0.487 e. The highest BCUT2D eigenvalue weighted by atomic mass is 79.9. The Hall–Kier alpha value is -1.16. The largest absolute Gasteiger partial charge is 0.487 e. The Balaban J connectivity index is 1.54. The average Bonchev–Trinajstić information content (AvgIpc) is 3.01. The highest BCUT2D eigenvalue weighted by Gasteiger charge is 2.33. The minimum absolute atomic E-state index is 0.145. The molecule has 0 aromatic heterocycles. The molecule has 162 valence electrons. The van der Waals surface area contributed by atoms with Gasteiger partial charge in [-0.3, -0.25) is 9.69 Å². The molecule has 1 heterocycles. The lowest BCUT2D eigenvalue weighted by atomic mass is 10.2. The Kier molecular flexibility index (Phi) is 7.80. The third kappa shape index (κ3) is 5.48. The molecule has 0 unspecified atom stereocenters. The normalized spacial score (nSPS) is 15.0. The number of thioether (sulfide) groups is 1. The molecule has 1 saturated heterocycles. The van der Waals surface area contributed by atoms with Crippen LogP contribution in [0.4, 0.5) is 5.69 Å². The number of carbonyl (C=O) groups excluding carboxylic acids is 1. The fourth-order valence-corrected chi connectivity index (χ4v) is 6.26. The molecule has 0 bridgehead atoms. The lowest BCUT2D eigenvalue weighted by molar-refractivity contribution is -0.113. The predicted molar refractivity (Wildman–Crippen MR) is 147 cm³/mol. The molecule has 0 radical (unpaired) electrons. The molecule has 0 saturated carbocycles. The number of ether oxygens (including phenoxy) is 1. The van der Waals surface area contributed by atoms with Crippen molar-refractivity contribution in [2.75, 3.05) is 4.90 Å². The number of thiocarbonyl (C=S) groups is 1. The highest BCUT2D eigenvalue weighted by Crippen LogP contribution is 2.39. The second-order valence-corrected chi connectivity index (χ2v) is 11.5. The first-order chi connectivity index (χ1) is 15.3. The van der Waals surface area contributed by atoms with Crippen molar-refractivity contribution in [1.82, 2.24) is 0 Å². The summed E-state index contributed by atoms with van der Waals surface area (Å²) in [6.07, 6.45) is 1.83. The molecule has 1 aliphatic heterocycles. The number of hydrogen-bond donors (Lipinski definition) is 0. The summed E-state index contributed by atoms with van der Waals surface area (Å²) in [5.41, 5.74) is 2.59. The van der Waals surface area contributed by atoms with Gasteiger partial charge in [0.2, 0.25) is 0 Å². The Morgan fingerprint density at radius 3 is 2.38 bits per heavy atom. The van der Waals surface area contributed by atoms with E-state index in [-0.39, 0.29) is 5.91 Å². The van der Waals surface area contributed by atoms with Gasteiger partial charge < -0.3 is 4.74 Å². The van der Waals surface area contributed by atoms with E-state index in [0.29, 0.717) is 26.6 Å². The molecule has 1 fully saturated rings. The van der Waals surface area contributed by atoms with Crippen LogP contribution in [0.25, 0.3) is 6.08 Å². The van der Waals surface area contributed by atoms with Crippen LogP contribution in [0, 0.1) is 0 Å². The Morgan fingerprint density at radius 1 is 1.03 bits per heavy atom. The summed E-state index contributed by atoms with van der Waals surface area (Å²) in [7, 11) is 0. The molecular formula is C23H13Br3ClNO2S2. The molecule has 32 heavy (non-hydrogen) atoms. The summed E-state index contributed by atoms with van der Waals surface area (Å²) in [5.74, 6) is 0.534. The lowest BCUT2D eigenvalue weighted by Gasteiger charge is -2.14. The lowest BCUT2D eigenvalue weighted by Crippen LogP contribution is -2.27. The fraction of sp³-hybridized carbons (Fsp3) is 0.0435. The zero-order valence-electron chi connectivity index (χ0n) is 16.2. The number of anilines is 1. The molecule has 1 aliphatic rings. The van der Waals surface area contributed by atoms with E-state index in [2.05, 4.69) is 47.8 Å². The molecule has 9 heteroatoms. The number of halogens is 4. The maximum absolute atomic E-state index is 13.0. The van der Waals surface area contributed by atoms with Crippen molar-refractivity contribution in [2.45, 2.75) is 6.61 Å². The second-order valence-electron chi connectivity index (χ2n) is 6.73. The van der Waals surface area contributed by atoms with E-state index in [1.807, 2.05) is 66.7 Å². The smallest absolute Gasteiger partial charge is 0.270 e. The highest BCUT2D eigenvalue weighted by molar-refractivity contribution is 9.11. The number of benzene rings is 3. The molecule has 0 atom stereocenters. The fourth-order valence-electron chi connectivity index (χ4n) is 2.99. The monoisotopic (exact) mass is 671 g/mol. The summed E-state index contributed by atoms with van der Waals surface area (Å²) in [6, 6.07) is 18.8. The van der Waals surface area contributed by atoms with Crippen LogP contribution >= 0.6 is 83.4 Å². The first-order valence-electron chi connectivity index (χ1n) is 9.21. The van der Waals surface area contributed by atoms with Crippen LogP contribution in [0.2, 0.25) is 5.02 Å². The molecule has 0 N–H and O–H groups in total. The number of hydrogen-bond acceptors (Lipinski definition) is 4. The number of nitrogens with zero attached hydrogens (tertiary/aromatic N) is 1. The zero-order valence-corrected chi connectivity index (χ0v) is 23.3. The molecule has 0 spiro atoms. The standard InChI is InChI=1S/C23H13Br3ClNO2S2/c24-15-2-1-3-17(11-15)28-22(29)20(32-23(28)31)10-14-8-18(25)21(19(26)9-14)30-12-13-4-6-16(27)7-5-13/h1-11H,12H2/b20-10+. The minimum atomic E-state index is -0.145. The first-order valence-corrected chi connectivity index (χ1v) is 13.2. The van der Waals surface area contributed by atoms with Crippen molar-refractivity contribution in [3.8, 4) is 5.75 Å². The molecule has 3 nitrogen and oxygen atoms in total. The van der Waals surface area contributed by atoms with Gasteiger partial charge in [0.15, 0.2) is 4.32 Å². The van der Waals surface area contributed by atoms with Gasteiger partial charge >= 0.3 is 0 Å². The first kappa shape index (κ1) is 24.0. The van der Waals surface area contributed by atoms with Gasteiger partial charge in [-0.1, -0.05) is 69.7 Å². The summed E-state index contributed by atoms with van der Waals surface area (Å²) >= 11 is 23.3. The third-order valence-corrected chi connectivity index (χ3v) is 7.70. The molecule has 1 amide bonds. The van der Waals surface area contributed by atoms with Crippen LogP contribution in [0.15, 0.2) is 79.0 Å². The average molecular weight is 675 g/mol. The molecule has 3 aromatic rings. The van der Waals surface area contributed by atoms with Gasteiger partial charge in [0.25, 0.3) is 5.91 Å². The van der Waals surface area contributed by atoms with E-state index in [0.717, 1.165) is 30.2 Å². The van der Waals surface area contributed by atoms with Crippen molar-refractivity contribution in [3.05, 3.63) is 95.1 Å². The van der Waals surface area contributed by atoms with Crippen molar-refractivity contribution in [2.24, 2.45) is 0 Å². The van der Waals surface area contributed by atoms with E-state index in [1.165, 1.54) is 11.8 Å². The van der Waals surface area contributed by atoms with Gasteiger partial charge in [-0.2, -0.15) is 0 Å². The van der Waals surface area contributed by atoms with Crippen molar-refractivity contribution in [1.29, 1.82) is 0 Å². The van der Waals surface area contributed by atoms with Crippen LogP contribution in [0.1, 0.15) is 11.1 Å². The van der Waals surface area contributed by atoms with Gasteiger partial charge in [-0.15, -0.1) is 0 Å².